The van der Waals surface area contributed by atoms with Crippen LogP contribution in [-0.4, -0.2) is 60.7 Å². The van der Waals surface area contributed by atoms with Gasteiger partial charge in [-0.2, -0.15) is 5.26 Å². The highest BCUT2D eigenvalue weighted by Crippen LogP contribution is 2.30. The summed E-state index contributed by atoms with van der Waals surface area (Å²) < 4.78 is 24.5. The number of piperazine rings is 1. The molecule has 2 amide bonds. The largest absolute Gasteiger partial charge is 0.494 e. The molecule has 0 radical (unpaired) electrons. The number of amides is 2. The number of halogens is 1. The number of hydrogen-bond donors (Lipinski definition) is 1. The maximum atomic E-state index is 14.1. The van der Waals surface area contributed by atoms with Gasteiger partial charge in [-0.05, 0) is 80.4 Å². The molecule has 0 aromatic heterocycles. The van der Waals surface area contributed by atoms with Crippen LogP contribution in [-0.2, 0) is 4.74 Å². The average Bonchev–Trinajstić information content (AvgIpc) is 2.92. The van der Waals surface area contributed by atoms with Gasteiger partial charge in [-0.1, -0.05) is 12.1 Å². The number of rotatable bonds is 5. The summed E-state index contributed by atoms with van der Waals surface area (Å²) in [6.45, 7) is 7.15. The SMILES string of the molecule is COc1ccc(-c2ccc(Nc3ccc(C(=O)N4CCN(C(=O)OC(C)(C)C)CC4)cc3)c(C#N)c2)cc1F. The van der Waals surface area contributed by atoms with Crippen molar-refractivity contribution in [3.05, 3.63) is 77.6 Å². The first kappa shape index (κ1) is 27.5. The maximum Gasteiger partial charge on any atom is 0.410 e. The molecule has 1 aliphatic heterocycles. The molecule has 0 unspecified atom stereocenters. The standard InChI is InChI=1S/C30H31FN4O4/c1-30(2,3)39-29(37)35-15-13-34(14-16-35)28(36)20-5-9-24(10-6-20)33-26-11-7-21(17-23(26)19-32)22-8-12-27(38-4)25(31)18-22/h5-12,17-18,33H,13-16H2,1-4H3. The number of methoxy groups -OCH3 is 1. The van der Waals surface area contributed by atoms with Crippen LogP contribution in [0.4, 0.5) is 20.6 Å². The number of hydrogen-bond acceptors (Lipinski definition) is 6. The van der Waals surface area contributed by atoms with Crippen molar-refractivity contribution in [2.24, 2.45) is 0 Å². The Kier molecular flexibility index (Phi) is 8.05. The van der Waals surface area contributed by atoms with E-state index in [0.29, 0.717) is 59.8 Å². The third-order valence-corrected chi connectivity index (χ3v) is 6.25. The zero-order valence-corrected chi connectivity index (χ0v) is 22.5. The molecule has 0 bridgehead atoms. The zero-order chi connectivity index (χ0) is 28.2. The van der Waals surface area contributed by atoms with Crippen LogP contribution in [0.15, 0.2) is 60.7 Å². The number of nitrogens with zero attached hydrogens (tertiary/aromatic N) is 3. The fourth-order valence-corrected chi connectivity index (χ4v) is 4.22. The number of nitriles is 1. The van der Waals surface area contributed by atoms with Crippen molar-refractivity contribution in [3.63, 3.8) is 0 Å². The molecule has 1 fully saturated rings. The maximum absolute atomic E-state index is 14.1. The molecule has 3 aromatic carbocycles. The molecule has 1 N–H and O–H groups in total. The van der Waals surface area contributed by atoms with E-state index < -0.39 is 11.4 Å². The molecule has 9 heteroatoms. The van der Waals surface area contributed by atoms with Crippen LogP contribution in [0.25, 0.3) is 11.1 Å². The first-order valence-corrected chi connectivity index (χ1v) is 12.6. The van der Waals surface area contributed by atoms with Gasteiger partial charge in [0.05, 0.1) is 18.4 Å². The van der Waals surface area contributed by atoms with Crippen molar-refractivity contribution in [3.8, 4) is 22.9 Å². The quantitative estimate of drug-likeness (QED) is 0.447. The molecule has 202 valence electrons. The van der Waals surface area contributed by atoms with E-state index in [1.165, 1.54) is 13.2 Å². The van der Waals surface area contributed by atoms with Gasteiger partial charge in [0.15, 0.2) is 11.6 Å². The van der Waals surface area contributed by atoms with E-state index in [1.807, 2.05) is 20.8 Å². The number of carbonyl (C=O) groups is 2. The highest BCUT2D eigenvalue weighted by atomic mass is 19.1. The predicted octanol–water partition coefficient (Wildman–Crippen LogP) is 5.81. The highest BCUT2D eigenvalue weighted by molar-refractivity contribution is 5.95. The van der Waals surface area contributed by atoms with E-state index >= 15 is 0 Å². The second-order valence-corrected chi connectivity index (χ2v) is 10.2. The Morgan fingerprint density at radius 3 is 2.13 bits per heavy atom. The number of nitrogens with one attached hydrogen (secondary N) is 1. The third kappa shape index (κ3) is 6.65. The van der Waals surface area contributed by atoms with Gasteiger partial charge in [-0.15, -0.1) is 0 Å². The normalized spacial score (nSPS) is 13.4. The lowest BCUT2D eigenvalue weighted by atomic mass is 10.0. The highest BCUT2D eigenvalue weighted by Gasteiger charge is 2.28. The molecule has 1 heterocycles. The Balaban J connectivity index is 1.39. The van der Waals surface area contributed by atoms with Gasteiger partial charge in [0.25, 0.3) is 5.91 Å². The van der Waals surface area contributed by atoms with Crippen LogP contribution in [0, 0.1) is 17.1 Å². The van der Waals surface area contributed by atoms with Gasteiger partial charge in [0, 0.05) is 37.4 Å². The molecule has 4 rings (SSSR count). The molecule has 3 aromatic rings. The fraction of sp³-hybridized carbons (Fsp3) is 0.300. The van der Waals surface area contributed by atoms with E-state index in [-0.39, 0.29) is 17.7 Å². The van der Waals surface area contributed by atoms with Crippen LogP contribution < -0.4 is 10.1 Å². The Morgan fingerprint density at radius 1 is 0.923 bits per heavy atom. The van der Waals surface area contributed by atoms with Crippen molar-refractivity contribution in [2.45, 2.75) is 26.4 Å². The topological polar surface area (TPSA) is 94.9 Å². The van der Waals surface area contributed by atoms with Gasteiger partial charge in [0.1, 0.15) is 11.7 Å². The summed E-state index contributed by atoms with van der Waals surface area (Å²) in [5.41, 5.74) is 2.99. The van der Waals surface area contributed by atoms with Gasteiger partial charge < -0.3 is 24.6 Å². The molecular weight excluding hydrogens is 499 g/mol. The lowest BCUT2D eigenvalue weighted by molar-refractivity contribution is 0.0141. The summed E-state index contributed by atoms with van der Waals surface area (Å²) in [5.74, 6) is -0.433. The second kappa shape index (κ2) is 11.4. The minimum absolute atomic E-state index is 0.112. The van der Waals surface area contributed by atoms with Crippen LogP contribution >= 0.6 is 0 Å². The molecular formula is C30H31FN4O4. The van der Waals surface area contributed by atoms with E-state index in [2.05, 4.69) is 11.4 Å². The Bertz CT molecular complexity index is 1400. The number of benzene rings is 3. The summed E-state index contributed by atoms with van der Waals surface area (Å²) in [6, 6.07) is 19.1. The monoisotopic (exact) mass is 530 g/mol. The van der Waals surface area contributed by atoms with Crippen molar-refractivity contribution in [2.75, 3.05) is 38.6 Å². The second-order valence-electron chi connectivity index (χ2n) is 10.2. The van der Waals surface area contributed by atoms with Gasteiger partial charge >= 0.3 is 6.09 Å². The van der Waals surface area contributed by atoms with E-state index in [1.54, 1.807) is 64.4 Å². The molecule has 1 aliphatic rings. The van der Waals surface area contributed by atoms with Crippen LogP contribution in [0.5, 0.6) is 5.75 Å². The number of ether oxygens (including phenoxy) is 2. The van der Waals surface area contributed by atoms with Crippen molar-refractivity contribution in [1.82, 2.24) is 9.80 Å². The average molecular weight is 531 g/mol. The summed E-state index contributed by atoms with van der Waals surface area (Å²) in [4.78, 5) is 28.6. The minimum atomic E-state index is -0.564. The van der Waals surface area contributed by atoms with Crippen LogP contribution in [0.3, 0.4) is 0 Å². The Morgan fingerprint density at radius 2 is 1.54 bits per heavy atom. The smallest absolute Gasteiger partial charge is 0.410 e. The minimum Gasteiger partial charge on any atom is -0.494 e. The molecule has 0 aliphatic carbocycles. The molecule has 8 nitrogen and oxygen atoms in total. The van der Waals surface area contributed by atoms with Gasteiger partial charge in [0.2, 0.25) is 0 Å². The van der Waals surface area contributed by atoms with Gasteiger partial charge in [-0.25, -0.2) is 9.18 Å². The van der Waals surface area contributed by atoms with Crippen molar-refractivity contribution in [1.29, 1.82) is 5.26 Å². The van der Waals surface area contributed by atoms with E-state index in [0.717, 1.165) is 0 Å². The molecule has 1 saturated heterocycles. The Labute approximate surface area is 227 Å². The van der Waals surface area contributed by atoms with E-state index in [4.69, 9.17) is 9.47 Å². The third-order valence-electron chi connectivity index (χ3n) is 6.25. The molecule has 0 spiro atoms. The summed E-state index contributed by atoms with van der Waals surface area (Å²) in [7, 11) is 1.41. The van der Waals surface area contributed by atoms with Crippen molar-refractivity contribution < 1.29 is 23.5 Å². The van der Waals surface area contributed by atoms with Crippen LogP contribution in [0.1, 0.15) is 36.7 Å². The molecule has 39 heavy (non-hydrogen) atoms. The zero-order valence-electron chi connectivity index (χ0n) is 22.5. The first-order chi connectivity index (χ1) is 18.6. The Hall–Kier alpha value is -4.58. The number of carbonyl (C=O) groups excluding carboxylic acids is 2. The first-order valence-electron chi connectivity index (χ1n) is 12.6. The summed E-state index contributed by atoms with van der Waals surface area (Å²) in [5, 5.41) is 12.9. The summed E-state index contributed by atoms with van der Waals surface area (Å²) in [6.07, 6.45) is -0.369. The lowest BCUT2D eigenvalue weighted by Gasteiger charge is -2.35. The van der Waals surface area contributed by atoms with Crippen molar-refractivity contribution >= 4 is 23.4 Å². The lowest BCUT2D eigenvalue weighted by Crippen LogP contribution is -2.51. The van der Waals surface area contributed by atoms with E-state index in [9.17, 15) is 19.2 Å². The fourth-order valence-electron chi connectivity index (χ4n) is 4.22. The predicted molar refractivity (Wildman–Crippen MR) is 147 cm³/mol. The van der Waals surface area contributed by atoms with Gasteiger partial charge in [-0.3, -0.25) is 4.79 Å². The summed E-state index contributed by atoms with van der Waals surface area (Å²) >= 11 is 0. The molecule has 0 atom stereocenters. The molecule has 0 saturated carbocycles. The number of anilines is 2. The van der Waals surface area contributed by atoms with Crippen LogP contribution in [0.2, 0.25) is 0 Å².